The fourth-order valence-corrected chi connectivity index (χ4v) is 1.87. The van der Waals surface area contributed by atoms with Crippen molar-refractivity contribution in [3.05, 3.63) is 48.0 Å². The maximum Gasteiger partial charge on any atom is 0.387 e. The van der Waals surface area contributed by atoms with E-state index in [1.54, 1.807) is 12.1 Å². The summed E-state index contributed by atoms with van der Waals surface area (Å²) in [7, 11) is 1.34. The van der Waals surface area contributed by atoms with Crippen molar-refractivity contribution >= 4 is 17.4 Å². The fraction of sp³-hybridized carbons (Fsp3) is 0.188. The predicted octanol–water partition coefficient (Wildman–Crippen LogP) is 4.25. The first-order valence-electron chi connectivity index (χ1n) is 6.75. The number of benzene rings is 2. The number of ether oxygens (including phenoxy) is 2. The molecule has 2 aromatic rings. The number of alkyl halides is 2. The molecule has 0 aromatic heterocycles. The second-order valence-electron chi connectivity index (χ2n) is 4.69. The number of halogens is 2. The number of rotatable bonds is 5. The third-order valence-electron chi connectivity index (χ3n) is 2.95. The average molecular weight is 322 g/mol. The summed E-state index contributed by atoms with van der Waals surface area (Å²) in [6.45, 7) is -1.05. The van der Waals surface area contributed by atoms with Crippen LogP contribution in [-0.4, -0.2) is 19.8 Å². The third kappa shape index (κ3) is 4.84. The van der Waals surface area contributed by atoms with Crippen LogP contribution in [0.25, 0.3) is 0 Å². The van der Waals surface area contributed by atoms with Crippen molar-refractivity contribution in [1.82, 2.24) is 0 Å². The smallest absolute Gasteiger partial charge is 0.387 e. The molecule has 2 N–H and O–H groups in total. The van der Waals surface area contributed by atoms with Crippen molar-refractivity contribution in [2.24, 2.45) is 0 Å². The van der Waals surface area contributed by atoms with E-state index in [0.717, 1.165) is 5.56 Å². The highest BCUT2D eigenvalue weighted by Gasteiger charge is 2.12. The van der Waals surface area contributed by atoms with Crippen molar-refractivity contribution < 1.29 is 23.0 Å². The highest BCUT2D eigenvalue weighted by Crippen LogP contribution is 2.31. The molecule has 2 amide bonds. The van der Waals surface area contributed by atoms with Crippen molar-refractivity contribution in [3.8, 4) is 11.5 Å². The maximum absolute atomic E-state index is 12.4. The number of aryl methyl sites for hydroxylation is 1. The summed E-state index contributed by atoms with van der Waals surface area (Å²) in [6.07, 6.45) is 0. The van der Waals surface area contributed by atoms with E-state index in [0.29, 0.717) is 11.4 Å². The SMILES string of the molecule is COc1ccc(NC(=O)Nc2ccc(C)cc2)cc1OC(F)F. The van der Waals surface area contributed by atoms with Gasteiger partial charge in [0.15, 0.2) is 11.5 Å². The number of amides is 2. The number of hydrogen-bond acceptors (Lipinski definition) is 3. The lowest BCUT2D eigenvalue weighted by atomic mass is 10.2. The lowest BCUT2D eigenvalue weighted by molar-refractivity contribution is -0.0511. The topological polar surface area (TPSA) is 59.6 Å². The second kappa shape index (κ2) is 7.44. The molecule has 7 heteroatoms. The van der Waals surface area contributed by atoms with Crippen LogP contribution in [0, 0.1) is 6.92 Å². The Hall–Kier alpha value is -2.83. The van der Waals surface area contributed by atoms with E-state index in [2.05, 4.69) is 15.4 Å². The highest BCUT2D eigenvalue weighted by atomic mass is 19.3. The van der Waals surface area contributed by atoms with E-state index in [1.165, 1.54) is 25.3 Å². The van der Waals surface area contributed by atoms with Crippen LogP contribution in [0.4, 0.5) is 25.0 Å². The van der Waals surface area contributed by atoms with Gasteiger partial charge < -0.3 is 20.1 Å². The van der Waals surface area contributed by atoms with Gasteiger partial charge in [0.05, 0.1) is 7.11 Å². The normalized spacial score (nSPS) is 10.3. The van der Waals surface area contributed by atoms with Crippen LogP contribution in [0.5, 0.6) is 11.5 Å². The zero-order valence-corrected chi connectivity index (χ0v) is 12.6. The van der Waals surface area contributed by atoms with E-state index < -0.39 is 12.6 Å². The van der Waals surface area contributed by atoms with Crippen molar-refractivity contribution in [3.63, 3.8) is 0 Å². The van der Waals surface area contributed by atoms with Gasteiger partial charge in [-0.3, -0.25) is 0 Å². The van der Waals surface area contributed by atoms with Gasteiger partial charge in [0, 0.05) is 17.4 Å². The molecule has 2 rings (SSSR count). The van der Waals surface area contributed by atoms with Crippen LogP contribution in [0.1, 0.15) is 5.56 Å². The molecular weight excluding hydrogens is 306 g/mol. The number of urea groups is 1. The molecule has 0 aliphatic heterocycles. The Morgan fingerprint density at radius 2 is 1.61 bits per heavy atom. The van der Waals surface area contributed by atoms with Crippen LogP contribution in [0.15, 0.2) is 42.5 Å². The Morgan fingerprint density at radius 1 is 1.00 bits per heavy atom. The van der Waals surface area contributed by atoms with Crippen LogP contribution in [-0.2, 0) is 0 Å². The molecule has 0 unspecified atom stereocenters. The molecule has 0 spiro atoms. The van der Waals surface area contributed by atoms with E-state index >= 15 is 0 Å². The molecular formula is C16H16F2N2O3. The summed E-state index contributed by atoms with van der Waals surface area (Å²) in [4.78, 5) is 11.9. The number of anilines is 2. The number of carbonyl (C=O) groups is 1. The summed E-state index contributed by atoms with van der Waals surface area (Å²) in [5.74, 6) is -0.00886. The van der Waals surface area contributed by atoms with Crippen LogP contribution in [0.2, 0.25) is 0 Å². The molecule has 0 bridgehead atoms. The molecule has 0 aliphatic rings. The Bertz CT molecular complexity index is 676. The molecule has 2 aromatic carbocycles. The van der Waals surface area contributed by atoms with Crippen molar-refractivity contribution in [2.75, 3.05) is 17.7 Å². The van der Waals surface area contributed by atoms with Crippen LogP contribution >= 0.6 is 0 Å². The number of nitrogens with one attached hydrogen (secondary N) is 2. The molecule has 0 saturated carbocycles. The lowest BCUT2D eigenvalue weighted by Crippen LogP contribution is -2.19. The van der Waals surface area contributed by atoms with Gasteiger partial charge in [0.25, 0.3) is 0 Å². The average Bonchev–Trinajstić information content (AvgIpc) is 2.49. The molecule has 5 nitrogen and oxygen atoms in total. The van der Waals surface area contributed by atoms with Crippen LogP contribution < -0.4 is 20.1 Å². The van der Waals surface area contributed by atoms with Gasteiger partial charge in [-0.25, -0.2) is 4.79 Å². The first-order chi connectivity index (χ1) is 11.0. The minimum absolute atomic E-state index is 0.148. The summed E-state index contributed by atoms with van der Waals surface area (Å²) < 4.78 is 34.0. The highest BCUT2D eigenvalue weighted by molar-refractivity contribution is 5.99. The van der Waals surface area contributed by atoms with Gasteiger partial charge in [-0.2, -0.15) is 8.78 Å². The molecule has 0 radical (unpaired) electrons. The maximum atomic E-state index is 12.4. The number of methoxy groups -OCH3 is 1. The van der Waals surface area contributed by atoms with Gasteiger partial charge in [-0.15, -0.1) is 0 Å². The van der Waals surface area contributed by atoms with E-state index in [1.807, 2.05) is 19.1 Å². The van der Waals surface area contributed by atoms with Crippen LogP contribution in [0.3, 0.4) is 0 Å². The molecule has 0 aliphatic carbocycles. The van der Waals surface area contributed by atoms with Gasteiger partial charge >= 0.3 is 12.6 Å². The standard InChI is InChI=1S/C16H16F2N2O3/c1-10-3-5-11(6-4-10)19-16(21)20-12-7-8-13(22-2)14(9-12)23-15(17)18/h3-9,15H,1-2H3,(H2,19,20,21). The largest absolute Gasteiger partial charge is 0.493 e. The van der Waals surface area contributed by atoms with Gasteiger partial charge in [0.2, 0.25) is 0 Å². The molecule has 0 fully saturated rings. The summed E-state index contributed by atoms with van der Waals surface area (Å²) >= 11 is 0. The monoisotopic (exact) mass is 322 g/mol. The van der Waals surface area contributed by atoms with Gasteiger partial charge in [-0.1, -0.05) is 17.7 Å². The first-order valence-corrected chi connectivity index (χ1v) is 6.75. The Labute approximate surface area is 132 Å². The second-order valence-corrected chi connectivity index (χ2v) is 4.69. The Kier molecular flexibility index (Phi) is 5.35. The minimum Gasteiger partial charge on any atom is -0.493 e. The predicted molar refractivity (Wildman–Crippen MR) is 83.4 cm³/mol. The molecule has 0 atom stereocenters. The number of hydrogen-bond donors (Lipinski definition) is 2. The number of carbonyl (C=O) groups excluding carboxylic acids is 1. The summed E-state index contributed by atoms with van der Waals surface area (Å²) in [6, 6.07) is 10.9. The van der Waals surface area contributed by atoms with E-state index in [-0.39, 0.29) is 11.5 Å². The van der Waals surface area contributed by atoms with E-state index in [4.69, 9.17) is 4.74 Å². The molecule has 122 valence electrons. The zero-order chi connectivity index (χ0) is 16.8. The zero-order valence-electron chi connectivity index (χ0n) is 12.6. The summed E-state index contributed by atoms with van der Waals surface area (Å²) in [5.41, 5.74) is 1.98. The Morgan fingerprint density at radius 3 is 2.22 bits per heavy atom. The minimum atomic E-state index is -2.99. The first kappa shape index (κ1) is 16.5. The molecule has 0 saturated heterocycles. The third-order valence-corrected chi connectivity index (χ3v) is 2.95. The van der Waals surface area contributed by atoms with Crippen molar-refractivity contribution in [1.29, 1.82) is 0 Å². The van der Waals surface area contributed by atoms with Crippen molar-refractivity contribution in [2.45, 2.75) is 13.5 Å². The quantitative estimate of drug-likeness (QED) is 0.865. The summed E-state index contributed by atoms with van der Waals surface area (Å²) in [5, 5.41) is 5.18. The fourth-order valence-electron chi connectivity index (χ4n) is 1.87. The molecule has 0 heterocycles. The van der Waals surface area contributed by atoms with Gasteiger partial charge in [0.1, 0.15) is 0 Å². The van der Waals surface area contributed by atoms with Gasteiger partial charge in [-0.05, 0) is 31.2 Å². The van der Waals surface area contributed by atoms with E-state index in [9.17, 15) is 13.6 Å². The lowest BCUT2D eigenvalue weighted by Gasteiger charge is -2.12. The molecule has 23 heavy (non-hydrogen) atoms. The Balaban J connectivity index is 2.06.